The largest absolute Gasteiger partial charge is 0.483 e. The minimum absolute atomic E-state index is 0.0991. The van der Waals surface area contributed by atoms with Crippen molar-refractivity contribution >= 4 is 23.8 Å². The van der Waals surface area contributed by atoms with Crippen LogP contribution in [0, 0.1) is 10.1 Å². The van der Waals surface area contributed by atoms with Crippen LogP contribution in [-0.4, -0.2) is 29.0 Å². The Kier molecular flexibility index (Phi) is 7.42. The summed E-state index contributed by atoms with van der Waals surface area (Å²) < 4.78 is 0. The quantitative estimate of drug-likeness (QED) is 0.330. The second-order valence-electron chi connectivity index (χ2n) is 3.13. The Morgan fingerprint density at radius 1 is 1.47 bits per heavy atom. The Morgan fingerprint density at radius 2 is 2.05 bits per heavy atom. The summed E-state index contributed by atoms with van der Waals surface area (Å²) >= 11 is 0. The first kappa shape index (κ1) is 16.5. The lowest BCUT2D eigenvalue weighted by Crippen LogP contribution is -2.23. The molecule has 1 aromatic rings. The van der Waals surface area contributed by atoms with E-state index in [2.05, 4.69) is 5.32 Å². The molecule has 0 aliphatic carbocycles. The minimum atomic E-state index is -0.578. The molecule has 1 aromatic carbocycles. The zero-order valence-electron chi connectivity index (χ0n) is 9.91. The third-order valence-electron chi connectivity index (χ3n) is 2.00. The molecule has 0 aliphatic rings. The number of carboxylic acid groups (broad SMARTS) is 1. The summed E-state index contributed by atoms with van der Waals surface area (Å²) in [4.78, 5) is 29.6. The van der Waals surface area contributed by atoms with Crippen molar-refractivity contribution in [3.63, 3.8) is 0 Å². The SMILES string of the molecule is NCC(=O)Nc1c(CN)cccc1[N+](=O)[O-].O=CO. The summed E-state index contributed by atoms with van der Waals surface area (Å²) in [5, 5.41) is 20.0. The molecule has 1 amide bonds. The number of nitrogens with zero attached hydrogens (tertiary/aromatic N) is 1. The molecule has 9 nitrogen and oxygen atoms in total. The summed E-state index contributed by atoms with van der Waals surface area (Å²) in [6.45, 7) is -0.391. The van der Waals surface area contributed by atoms with E-state index in [-0.39, 0.29) is 30.9 Å². The molecule has 104 valence electrons. The number of hydrogen-bond donors (Lipinski definition) is 4. The van der Waals surface area contributed by atoms with Gasteiger partial charge < -0.3 is 21.9 Å². The van der Waals surface area contributed by atoms with Gasteiger partial charge in [-0.1, -0.05) is 12.1 Å². The van der Waals surface area contributed by atoms with Crippen molar-refractivity contribution < 1.29 is 19.6 Å². The van der Waals surface area contributed by atoms with Gasteiger partial charge in [0.25, 0.3) is 12.2 Å². The van der Waals surface area contributed by atoms with Crippen molar-refractivity contribution in [1.29, 1.82) is 0 Å². The zero-order valence-corrected chi connectivity index (χ0v) is 9.91. The van der Waals surface area contributed by atoms with E-state index in [0.29, 0.717) is 5.56 Å². The lowest BCUT2D eigenvalue weighted by atomic mass is 10.1. The Hall–Kier alpha value is -2.52. The van der Waals surface area contributed by atoms with E-state index in [9.17, 15) is 14.9 Å². The van der Waals surface area contributed by atoms with Gasteiger partial charge in [-0.05, 0) is 5.56 Å². The molecule has 0 saturated heterocycles. The van der Waals surface area contributed by atoms with Crippen LogP contribution in [0.1, 0.15) is 5.56 Å². The molecule has 0 spiro atoms. The van der Waals surface area contributed by atoms with Gasteiger partial charge in [0.15, 0.2) is 0 Å². The van der Waals surface area contributed by atoms with Crippen molar-refractivity contribution in [3.8, 4) is 0 Å². The maximum atomic E-state index is 11.1. The van der Waals surface area contributed by atoms with Crippen LogP contribution in [0.4, 0.5) is 11.4 Å². The number of amides is 1. The molecular weight excluding hydrogens is 256 g/mol. The fourth-order valence-electron chi connectivity index (χ4n) is 1.24. The molecule has 9 heteroatoms. The number of nitrogens with two attached hydrogens (primary N) is 2. The summed E-state index contributed by atoms with van der Waals surface area (Å²) in [7, 11) is 0. The van der Waals surface area contributed by atoms with E-state index in [0.717, 1.165) is 0 Å². The molecule has 0 saturated carbocycles. The van der Waals surface area contributed by atoms with Crippen molar-refractivity contribution in [1.82, 2.24) is 0 Å². The molecule has 19 heavy (non-hydrogen) atoms. The van der Waals surface area contributed by atoms with Crippen molar-refractivity contribution in [2.24, 2.45) is 11.5 Å². The maximum absolute atomic E-state index is 11.1. The molecule has 1 rings (SSSR count). The molecule has 0 unspecified atom stereocenters. The molecule has 0 aliphatic heterocycles. The monoisotopic (exact) mass is 270 g/mol. The third kappa shape index (κ3) is 5.10. The van der Waals surface area contributed by atoms with Crippen LogP contribution in [0.25, 0.3) is 0 Å². The van der Waals surface area contributed by atoms with Gasteiger partial charge in [0.2, 0.25) is 5.91 Å². The third-order valence-corrected chi connectivity index (χ3v) is 2.00. The second kappa shape index (κ2) is 8.55. The van der Waals surface area contributed by atoms with E-state index in [1.807, 2.05) is 0 Å². The summed E-state index contributed by atoms with van der Waals surface area (Å²) in [6.07, 6.45) is 0. The van der Waals surface area contributed by atoms with Crippen molar-refractivity contribution in [3.05, 3.63) is 33.9 Å². The standard InChI is InChI=1S/C9H12N4O3.CH2O2/c10-4-6-2-1-3-7(13(15)16)9(6)12-8(14)5-11;2-1-3/h1-3H,4-5,10-11H2,(H,12,14);1H,(H,2,3). The molecule has 6 N–H and O–H groups in total. The van der Waals surface area contributed by atoms with Crippen LogP contribution in [0.2, 0.25) is 0 Å². The molecule has 0 radical (unpaired) electrons. The lowest BCUT2D eigenvalue weighted by Gasteiger charge is -2.09. The highest BCUT2D eigenvalue weighted by molar-refractivity contribution is 5.95. The number of benzene rings is 1. The number of nitro benzene ring substituents is 1. The topological polar surface area (TPSA) is 162 Å². The predicted octanol–water partition coefficient (Wildman–Crippen LogP) is -0.348. The van der Waals surface area contributed by atoms with Gasteiger partial charge >= 0.3 is 0 Å². The van der Waals surface area contributed by atoms with E-state index >= 15 is 0 Å². The minimum Gasteiger partial charge on any atom is -0.483 e. The van der Waals surface area contributed by atoms with Crippen molar-refractivity contribution in [2.75, 3.05) is 11.9 Å². The summed E-state index contributed by atoms with van der Waals surface area (Å²) in [5.41, 5.74) is 11.0. The first-order valence-corrected chi connectivity index (χ1v) is 5.05. The molecule has 0 fully saturated rings. The van der Waals surface area contributed by atoms with Gasteiger partial charge in [0.05, 0.1) is 11.5 Å². The van der Waals surface area contributed by atoms with Gasteiger partial charge in [-0.25, -0.2) is 0 Å². The molecule has 0 heterocycles. The average molecular weight is 270 g/mol. The van der Waals surface area contributed by atoms with Gasteiger partial charge in [-0.15, -0.1) is 0 Å². The first-order valence-electron chi connectivity index (χ1n) is 5.05. The van der Waals surface area contributed by atoms with Crippen LogP contribution >= 0.6 is 0 Å². The van der Waals surface area contributed by atoms with Crippen LogP contribution in [0.5, 0.6) is 0 Å². The smallest absolute Gasteiger partial charge is 0.293 e. The maximum Gasteiger partial charge on any atom is 0.293 e. The molecule has 0 aromatic heterocycles. The van der Waals surface area contributed by atoms with E-state index in [1.54, 1.807) is 6.07 Å². The normalized spacial score (nSPS) is 8.95. The zero-order chi connectivity index (χ0) is 14.8. The number of carbonyl (C=O) groups excluding carboxylic acids is 1. The Morgan fingerprint density at radius 3 is 2.47 bits per heavy atom. The first-order chi connectivity index (χ1) is 9.01. The molecular formula is C10H14N4O5. The highest BCUT2D eigenvalue weighted by Crippen LogP contribution is 2.27. The number of para-hydroxylation sites is 1. The van der Waals surface area contributed by atoms with Crippen LogP contribution < -0.4 is 16.8 Å². The molecule has 0 atom stereocenters. The van der Waals surface area contributed by atoms with Gasteiger partial charge in [0.1, 0.15) is 5.69 Å². The fraction of sp³-hybridized carbons (Fsp3) is 0.200. The van der Waals surface area contributed by atoms with E-state index in [1.165, 1.54) is 12.1 Å². The highest BCUT2D eigenvalue weighted by Gasteiger charge is 2.18. The number of carbonyl (C=O) groups is 2. The van der Waals surface area contributed by atoms with Crippen LogP contribution in [-0.2, 0) is 16.1 Å². The average Bonchev–Trinajstić information content (AvgIpc) is 2.39. The van der Waals surface area contributed by atoms with Crippen LogP contribution in [0.3, 0.4) is 0 Å². The van der Waals surface area contributed by atoms with Gasteiger partial charge in [0, 0.05) is 12.6 Å². The number of nitrogens with one attached hydrogen (secondary N) is 1. The van der Waals surface area contributed by atoms with Crippen LogP contribution in [0.15, 0.2) is 18.2 Å². The highest BCUT2D eigenvalue weighted by atomic mass is 16.6. The van der Waals surface area contributed by atoms with E-state index < -0.39 is 10.8 Å². The Labute approximate surface area is 108 Å². The second-order valence-corrected chi connectivity index (χ2v) is 3.13. The number of anilines is 1. The number of hydrogen-bond acceptors (Lipinski definition) is 6. The summed E-state index contributed by atoms with van der Waals surface area (Å²) in [6, 6.07) is 4.42. The Bertz CT molecular complexity index is 463. The molecule has 0 bridgehead atoms. The van der Waals surface area contributed by atoms with Gasteiger partial charge in [-0.3, -0.25) is 19.7 Å². The van der Waals surface area contributed by atoms with Crippen molar-refractivity contribution in [2.45, 2.75) is 6.54 Å². The van der Waals surface area contributed by atoms with E-state index in [4.69, 9.17) is 21.4 Å². The number of rotatable bonds is 4. The summed E-state index contributed by atoms with van der Waals surface area (Å²) in [5.74, 6) is -0.496. The number of nitro groups is 1. The van der Waals surface area contributed by atoms with Gasteiger partial charge in [-0.2, -0.15) is 0 Å². The predicted molar refractivity (Wildman–Crippen MR) is 67.4 cm³/mol. The fourth-order valence-corrected chi connectivity index (χ4v) is 1.24. The lowest BCUT2D eigenvalue weighted by molar-refractivity contribution is -0.384. The Balaban J connectivity index is 0.000000982.